The Morgan fingerprint density at radius 3 is 2.57 bits per heavy atom. The molecular weight excluding hydrogens is 271 g/mol. The van der Waals surface area contributed by atoms with Gasteiger partial charge < -0.3 is 14.8 Å². The monoisotopic (exact) mass is 286 g/mol. The molecule has 0 saturated heterocycles. The van der Waals surface area contributed by atoms with Crippen LogP contribution < -0.4 is 0 Å². The first kappa shape index (κ1) is 13.4. The molecule has 0 aliphatic rings. The second-order valence-electron chi connectivity index (χ2n) is 5.23. The molecule has 0 fully saturated rings. The van der Waals surface area contributed by atoms with Crippen molar-refractivity contribution in [2.75, 3.05) is 0 Å². The third-order valence-corrected chi connectivity index (χ3v) is 3.39. The molecule has 5 heteroatoms. The normalized spacial score (nSPS) is 11.4. The van der Waals surface area contributed by atoms with Crippen LogP contribution >= 0.6 is 0 Å². The Bertz CT molecular complexity index is 825. The minimum atomic E-state index is -0.337. The topological polar surface area (TPSA) is 58.3 Å². The third kappa shape index (κ3) is 2.20. The molecule has 0 atom stereocenters. The lowest BCUT2D eigenvalue weighted by Crippen LogP contribution is -2.03. The molecule has 0 unspecified atom stereocenters. The zero-order valence-corrected chi connectivity index (χ0v) is 11.7. The zero-order valence-electron chi connectivity index (χ0n) is 11.7. The molecule has 0 amide bonds. The second kappa shape index (κ2) is 4.77. The van der Waals surface area contributed by atoms with Crippen molar-refractivity contribution in [1.29, 1.82) is 0 Å². The summed E-state index contributed by atoms with van der Waals surface area (Å²) >= 11 is 0. The first-order valence-electron chi connectivity index (χ1n) is 6.67. The van der Waals surface area contributed by atoms with Crippen LogP contribution in [0.25, 0.3) is 22.4 Å². The standard InChI is InChI=1S/C16H15FN2O2/c1-9(2)19-14-7-10(17)3-5-13(14)18-16(19)12-8-11(20)4-6-15(12)21/h3-9,20-21H,1-2H3. The number of halogens is 1. The summed E-state index contributed by atoms with van der Waals surface area (Å²) in [4.78, 5) is 4.47. The Morgan fingerprint density at radius 2 is 1.86 bits per heavy atom. The Labute approximate surface area is 121 Å². The predicted octanol–water partition coefficient (Wildman–Crippen LogP) is 3.83. The highest BCUT2D eigenvalue weighted by atomic mass is 19.1. The van der Waals surface area contributed by atoms with Gasteiger partial charge in [-0.15, -0.1) is 0 Å². The summed E-state index contributed by atoms with van der Waals surface area (Å²) in [5.74, 6) is 0.219. The van der Waals surface area contributed by atoms with Crippen LogP contribution in [0.3, 0.4) is 0 Å². The lowest BCUT2D eigenvalue weighted by Gasteiger charge is -2.14. The summed E-state index contributed by atoms with van der Waals surface area (Å²) in [6, 6.07) is 8.67. The highest BCUT2D eigenvalue weighted by Crippen LogP contribution is 2.35. The average molecular weight is 286 g/mol. The molecule has 0 bridgehead atoms. The third-order valence-electron chi connectivity index (χ3n) is 3.39. The van der Waals surface area contributed by atoms with E-state index in [1.807, 2.05) is 18.4 Å². The van der Waals surface area contributed by atoms with Crippen LogP contribution in [0, 0.1) is 5.82 Å². The van der Waals surface area contributed by atoms with Gasteiger partial charge in [-0.1, -0.05) is 0 Å². The Kier molecular flexibility index (Phi) is 3.05. The van der Waals surface area contributed by atoms with Crippen molar-refractivity contribution in [3.63, 3.8) is 0 Å². The fourth-order valence-corrected chi connectivity index (χ4v) is 2.48. The van der Waals surface area contributed by atoms with E-state index in [1.165, 1.54) is 30.3 Å². The predicted molar refractivity (Wildman–Crippen MR) is 78.8 cm³/mol. The van der Waals surface area contributed by atoms with E-state index < -0.39 is 0 Å². The van der Waals surface area contributed by atoms with Crippen LogP contribution in [0.1, 0.15) is 19.9 Å². The van der Waals surface area contributed by atoms with Gasteiger partial charge in [0.05, 0.1) is 16.6 Å². The zero-order chi connectivity index (χ0) is 15.1. The van der Waals surface area contributed by atoms with E-state index in [0.717, 1.165) is 0 Å². The number of phenols is 2. The molecule has 21 heavy (non-hydrogen) atoms. The summed E-state index contributed by atoms with van der Waals surface area (Å²) < 4.78 is 15.3. The molecule has 0 spiro atoms. The molecule has 3 rings (SSSR count). The van der Waals surface area contributed by atoms with E-state index in [0.29, 0.717) is 22.4 Å². The molecule has 0 radical (unpaired) electrons. The smallest absolute Gasteiger partial charge is 0.145 e. The van der Waals surface area contributed by atoms with Crippen LogP contribution in [-0.4, -0.2) is 19.8 Å². The van der Waals surface area contributed by atoms with Crippen molar-refractivity contribution < 1.29 is 14.6 Å². The fourth-order valence-electron chi connectivity index (χ4n) is 2.48. The Morgan fingerprint density at radius 1 is 1.10 bits per heavy atom. The molecule has 0 aliphatic carbocycles. The molecule has 108 valence electrons. The number of hydrogen-bond acceptors (Lipinski definition) is 3. The summed E-state index contributed by atoms with van der Waals surface area (Å²) in [6.45, 7) is 3.91. The average Bonchev–Trinajstić information content (AvgIpc) is 2.79. The molecule has 3 aromatic rings. The van der Waals surface area contributed by atoms with Crippen molar-refractivity contribution in [1.82, 2.24) is 9.55 Å². The Balaban J connectivity index is 2.36. The molecule has 1 heterocycles. The number of hydrogen-bond donors (Lipinski definition) is 2. The van der Waals surface area contributed by atoms with Crippen molar-refractivity contribution >= 4 is 11.0 Å². The molecule has 1 aromatic heterocycles. The number of benzene rings is 2. The molecule has 2 aromatic carbocycles. The van der Waals surface area contributed by atoms with E-state index >= 15 is 0 Å². The van der Waals surface area contributed by atoms with E-state index in [9.17, 15) is 14.6 Å². The van der Waals surface area contributed by atoms with Crippen molar-refractivity contribution in [2.24, 2.45) is 0 Å². The van der Waals surface area contributed by atoms with Gasteiger partial charge in [-0.05, 0) is 50.2 Å². The second-order valence-corrected chi connectivity index (χ2v) is 5.23. The maximum Gasteiger partial charge on any atom is 0.145 e. The molecule has 0 aliphatic heterocycles. The number of aromatic nitrogens is 2. The van der Waals surface area contributed by atoms with E-state index in [4.69, 9.17) is 0 Å². The van der Waals surface area contributed by atoms with Gasteiger partial charge in [0, 0.05) is 6.04 Å². The summed E-state index contributed by atoms with van der Waals surface area (Å²) in [5.41, 5.74) is 1.71. The van der Waals surface area contributed by atoms with E-state index in [-0.39, 0.29) is 23.4 Å². The highest BCUT2D eigenvalue weighted by molar-refractivity contribution is 5.82. The summed E-state index contributed by atoms with van der Waals surface area (Å²) in [5, 5.41) is 19.7. The largest absolute Gasteiger partial charge is 0.508 e. The SMILES string of the molecule is CC(C)n1c(-c2cc(O)ccc2O)nc2ccc(F)cc21. The fraction of sp³-hybridized carbons (Fsp3) is 0.188. The van der Waals surface area contributed by atoms with Gasteiger partial charge in [-0.25, -0.2) is 9.37 Å². The van der Waals surface area contributed by atoms with Crippen LogP contribution in [0.2, 0.25) is 0 Å². The maximum absolute atomic E-state index is 13.5. The molecule has 2 N–H and O–H groups in total. The van der Waals surface area contributed by atoms with Gasteiger partial charge in [0.15, 0.2) is 0 Å². The summed E-state index contributed by atoms with van der Waals surface area (Å²) in [7, 11) is 0. The van der Waals surface area contributed by atoms with Crippen molar-refractivity contribution in [3.05, 3.63) is 42.2 Å². The number of rotatable bonds is 2. The lowest BCUT2D eigenvalue weighted by molar-refractivity contribution is 0.461. The van der Waals surface area contributed by atoms with Crippen LogP contribution in [0.4, 0.5) is 4.39 Å². The van der Waals surface area contributed by atoms with Crippen LogP contribution in [0.15, 0.2) is 36.4 Å². The number of nitrogens with zero attached hydrogens (tertiary/aromatic N) is 2. The number of aromatic hydroxyl groups is 2. The molecule has 0 saturated carbocycles. The molecular formula is C16H15FN2O2. The van der Waals surface area contributed by atoms with Crippen molar-refractivity contribution in [3.8, 4) is 22.9 Å². The quantitative estimate of drug-likeness (QED) is 0.704. The van der Waals surface area contributed by atoms with Gasteiger partial charge in [-0.3, -0.25) is 0 Å². The van der Waals surface area contributed by atoms with Gasteiger partial charge in [0.1, 0.15) is 23.1 Å². The number of fused-ring (bicyclic) bond motifs is 1. The maximum atomic E-state index is 13.5. The Hall–Kier alpha value is -2.56. The van der Waals surface area contributed by atoms with Gasteiger partial charge in [-0.2, -0.15) is 0 Å². The van der Waals surface area contributed by atoms with Gasteiger partial charge in [0.2, 0.25) is 0 Å². The van der Waals surface area contributed by atoms with E-state index in [2.05, 4.69) is 4.98 Å². The van der Waals surface area contributed by atoms with Crippen LogP contribution in [-0.2, 0) is 0 Å². The van der Waals surface area contributed by atoms with E-state index in [1.54, 1.807) is 6.07 Å². The van der Waals surface area contributed by atoms with Crippen LogP contribution in [0.5, 0.6) is 11.5 Å². The van der Waals surface area contributed by atoms with Crippen molar-refractivity contribution in [2.45, 2.75) is 19.9 Å². The minimum absolute atomic E-state index is 0.0190. The lowest BCUT2D eigenvalue weighted by atomic mass is 10.1. The molecule has 4 nitrogen and oxygen atoms in total. The van der Waals surface area contributed by atoms with Gasteiger partial charge in [0.25, 0.3) is 0 Å². The number of phenolic OH excluding ortho intramolecular Hbond substituents is 2. The number of imidazole rings is 1. The first-order valence-corrected chi connectivity index (χ1v) is 6.67. The minimum Gasteiger partial charge on any atom is -0.508 e. The highest BCUT2D eigenvalue weighted by Gasteiger charge is 2.18. The summed E-state index contributed by atoms with van der Waals surface area (Å²) in [6.07, 6.45) is 0. The van der Waals surface area contributed by atoms with Gasteiger partial charge >= 0.3 is 0 Å². The first-order chi connectivity index (χ1) is 9.97.